The number of para-hydroxylation sites is 1. The molecule has 6 nitrogen and oxygen atoms in total. The Hall–Kier alpha value is -3.22. The molecule has 3 rings (SSSR count). The molecule has 3 aromatic rings. The molecule has 24 heavy (non-hydrogen) atoms. The normalized spacial score (nSPS) is 10.5. The lowest BCUT2D eigenvalue weighted by Crippen LogP contribution is -2.18. The highest BCUT2D eigenvalue weighted by atomic mass is 19.1. The van der Waals surface area contributed by atoms with Crippen LogP contribution in [-0.4, -0.2) is 29.4 Å². The molecule has 0 spiro atoms. The van der Waals surface area contributed by atoms with Crippen LogP contribution in [0.5, 0.6) is 5.75 Å². The van der Waals surface area contributed by atoms with Crippen molar-refractivity contribution in [3.05, 3.63) is 70.4 Å². The molecule has 0 aliphatic heterocycles. The summed E-state index contributed by atoms with van der Waals surface area (Å²) < 4.78 is 23.6. The van der Waals surface area contributed by atoms with Crippen LogP contribution in [0.3, 0.4) is 0 Å². The third kappa shape index (κ3) is 3.24. The summed E-state index contributed by atoms with van der Waals surface area (Å²) in [6, 6.07) is 12.5. The smallest absolute Gasteiger partial charge is 0.359 e. The number of carbonyl (C=O) groups excluding carboxylic acids is 1. The maximum absolute atomic E-state index is 13.4. The zero-order chi connectivity index (χ0) is 16.9. The zero-order valence-corrected chi connectivity index (χ0v) is 12.5. The lowest BCUT2D eigenvalue weighted by Gasteiger charge is -2.08. The van der Waals surface area contributed by atoms with E-state index in [-0.39, 0.29) is 30.2 Å². The fraction of sp³-hybridized carbons (Fsp3) is 0.118. The standard InChI is InChI=1S/C17H13FN2O4/c18-13-7-3-4-8-14(13)23-9-10-24-17(22)15-11-5-1-2-6-12(11)16(21)20-19-15/h1-8H,9-10H2,(H,20,21). The van der Waals surface area contributed by atoms with Gasteiger partial charge in [-0.2, -0.15) is 5.10 Å². The van der Waals surface area contributed by atoms with Crippen molar-refractivity contribution in [1.82, 2.24) is 10.2 Å². The molecule has 1 N–H and O–H groups in total. The Kier molecular flexibility index (Phi) is 4.51. The molecule has 0 aliphatic carbocycles. The first-order valence-electron chi connectivity index (χ1n) is 7.18. The minimum Gasteiger partial charge on any atom is -0.487 e. The van der Waals surface area contributed by atoms with Crippen molar-refractivity contribution in [2.45, 2.75) is 0 Å². The highest BCUT2D eigenvalue weighted by Gasteiger charge is 2.15. The van der Waals surface area contributed by atoms with Gasteiger partial charge in [0.1, 0.15) is 13.2 Å². The molecule has 1 heterocycles. The Morgan fingerprint density at radius 2 is 1.75 bits per heavy atom. The molecule has 0 aliphatic rings. The lowest BCUT2D eigenvalue weighted by atomic mass is 10.1. The molecular weight excluding hydrogens is 315 g/mol. The van der Waals surface area contributed by atoms with E-state index in [4.69, 9.17) is 9.47 Å². The van der Waals surface area contributed by atoms with Gasteiger partial charge in [-0.25, -0.2) is 14.3 Å². The monoisotopic (exact) mass is 328 g/mol. The van der Waals surface area contributed by atoms with Crippen molar-refractivity contribution < 1.29 is 18.7 Å². The van der Waals surface area contributed by atoms with Gasteiger partial charge in [-0.05, 0) is 18.2 Å². The molecule has 0 unspecified atom stereocenters. The highest BCUT2D eigenvalue weighted by Crippen LogP contribution is 2.15. The maximum atomic E-state index is 13.4. The van der Waals surface area contributed by atoms with E-state index in [2.05, 4.69) is 10.2 Å². The molecule has 0 bridgehead atoms. The first-order chi connectivity index (χ1) is 11.7. The number of aromatic amines is 1. The maximum Gasteiger partial charge on any atom is 0.359 e. The van der Waals surface area contributed by atoms with Crippen molar-refractivity contribution in [2.24, 2.45) is 0 Å². The van der Waals surface area contributed by atoms with E-state index in [9.17, 15) is 14.0 Å². The molecule has 0 saturated carbocycles. The number of halogens is 1. The van der Waals surface area contributed by atoms with Gasteiger partial charge in [-0.3, -0.25) is 4.79 Å². The average molecular weight is 328 g/mol. The summed E-state index contributed by atoms with van der Waals surface area (Å²) in [5.41, 5.74) is -0.374. The summed E-state index contributed by atoms with van der Waals surface area (Å²) in [6.07, 6.45) is 0. The van der Waals surface area contributed by atoms with Crippen LogP contribution in [0.2, 0.25) is 0 Å². The first kappa shape index (κ1) is 15.7. The Bertz CT molecular complexity index is 939. The second-order valence-electron chi connectivity index (χ2n) is 4.86. The number of H-pyrrole nitrogens is 1. The van der Waals surface area contributed by atoms with Gasteiger partial charge in [0, 0.05) is 5.39 Å². The minimum atomic E-state index is -0.695. The second-order valence-corrected chi connectivity index (χ2v) is 4.86. The molecule has 122 valence electrons. The van der Waals surface area contributed by atoms with Crippen LogP contribution in [-0.2, 0) is 4.74 Å². The summed E-state index contributed by atoms with van der Waals surface area (Å²) in [5.74, 6) is -1.10. The topological polar surface area (TPSA) is 81.3 Å². The first-order valence-corrected chi connectivity index (χ1v) is 7.18. The number of aromatic nitrogens is 2. The van der Waals surface area contributed by atoms with Crippen molar-refractivity contribution in [3.63, 3.8) is 0 Å². The number of hydrogen-bond donors (Lipinski definition) is 1. The fourth-order valence-corrected chi connectivity index (χ4v) is 2.19. The van der Waals surface area contributed by atoms with Gasteiger partial charge < -0.3 is 9.47 Å². The molecular formula is C17H13FN2O4. The number of benzene rings is 2. The van der Waals surface area contributed by atoms with Crippen LogP contribution in [0.1, 0.15) is 10.5 Å². The summed E-state index contributed by atoms with van der Waals surface area (Å²) in [5, 5.41) is 6.76. The number of ether oxygens (including phenoxy) is 2. The van der Waals surface area contributed by atoms with Crippen LogP contribution in [0.4, 0.5) is 4.39 Å². The van der Waals surface area contributed by atoms with E-state index in [1.54, 1.807) is 36.4 Å². The Labute approximate surface area is 135 Å². The molecule has 0 radical (unpaired) electrons. The molecule has 0 fully saturated rings. The number of nitrogens with one attached hydrogen (secondary N) is 1. The zero-order valence-electron chi connectivity index (χ0n) is 12.5. The summed E-state index contributed by atoms with van der Waals surface area (Å²) in [4.78, 5) is 23.8. The summed E-state index contributed by atoms with van der Waals surface area (Å²) >= 11 is 0. The Morgan fingerprint density at radius 3 is 2.54 bits per heavy atom. The van der Waals surface area contributed by atoms with Crippen LogP contribution in [0, 0.1) is 5.82 Å². The fourth-order valence-electron chi connectivity index (χ4n) is 2.19. The van der Waals surface area contributed by atoms with Gasteiger partial charge >= 0.3 is 5.97 Å². The van der Waals surface area contributed by atoms with Crippen molar-refractivity contribution in [3.8, 4) is 5.75 Å². The Morgan fingerprint density at radius 1 is 1.04 bits per heavy atom. The van der Waals surface area contributed by atoms with Crippen molar-refractivity contribution in [2.75, 3.05) is 13.2 Å². The number of nitrogens with zero attached hydrogens (tertiary/aromatic N) is 1. The Balaban J connectivity index is 1.65. The molecule has 0 amide bonds. The van der Waals surface area contributed by atoms with Gasteiger partial charge in [0.05, 0.1) is 5.39 Å². The molecule has 0 saturated heterocycles. The van der Waals surface area contributed by atoms with Gasteiger partial charge in [-0.15, -0.1) is 0 Å². The van der Waals surface area contributed by atoms with Gasteiger partial charge in [0.15, 0.2) is 17.3 Å². The largest absolute Gasteiger partial charge is 0.487 e. The number of fused-ring (bicyclic) bond motifs is 1. The van der Waals surface area contributed by atoms with Crippen molar-refractivity contribution in [1.29, 1.82) is 0 Å². The average Bonchev–Trinajstić information content (AvgIpc) is 2.60. The lowest BCUT2D eigenvalue weighted by molar-refractivity contribution is 0.0443. The van der Waals surface area contributed by atoms with E-state index in [0.29, 0.717) is 10.8 Å². The van der Waals surface area contributed by atoms with E-state index >= 15 is 0 Å². The van der Waals surface area contributed by atoms with E-state index < -0.39 is 11.8 Å². The predicted molar refractivity (Wildman–Crippen MR) is 84.5 cm³/mol. The number of carbonyl (C=O) groups is 1. The third-order valence-electron chi connectivity index (χ3n) is 3.30. The van der Waals surface area contributed by atoms with Crippen molar-refractivity contribution >= 4 is 16.7 Å². The summed E-state index contributed by atoms with van der Waals surface area (Å²) in [6.45, 7) is -0.0870. The number of hydrogen-bond acceptors (Lipinski definition) is 5. The molecule has 7 heteroatoms. The predicted octanol–water partition coefficient (Wildman–Crippen LogP) is 2.30. The minimum absolute atomic E-state index is 0.00599. The second kappa shape index (κ2) is 6.91. The van der Waals surface area contributed by atoms with Gasteiger partial charge in [-0.1, -0.05) is 30.3 Å². The van der Waals surface area contributed by atoms with E-state index in [1.165, 1.54) is 12.1 Å². The quantitative estimate of drug-likeness (QED) is 0.574. The molecule has 1 aromatic heterocycles. The van der Waals surface area contributed by atoms with Crippen LogP contribution >= 0.6 is 0 Å². The van der Waals surface area contributed by atoms with E-state index in [0.717, 1.165) is 0 Å². The SMILES string of the molecule is O=C(OCCOc1ccccc1F)c1n[nH]c(=O)c2ccccc12. The van der Waals surface area contributed by atoms with Gasteiger partial charge in [0.2, 0.25) is 0 Å². The summed E-state index contributed by atoms with van der Waals surface area (Å²) in [7, 11) is 0. The number of rotatable bonds is 5. The van der Waals surface area contributed by atoms with Crippen LogP contribution in [0.25, 0.3) is 10.8 Å². The molecule has 0 atom stereocenters. The van der Waals surface area contributed by atoms with Crippen LogP contribution in [0.15, 0.2) is 53.3 Å². The molecule has 2 aromatic carbocycles. The van der Waals surface area contributed by atoms with E-state index in [1.807, 2.05) is 0 Å². The highest BCUT2D eigenvalue weighted by molar-refractivity contribution is 6.01. The third-order valence-corrected chi connectivity index (χ3v) is 3.30. The van der Waals surface area contributed by atoms with Crippen LogP contribution < -0.4 is 10.3 Å². The van der Waals surface area contributed by atoms with Gasteiger partial charge in [0.25, 0.3) is 5.56 Å². The number of esters is 1.